The number of aromatic nitrogens is 4. The number of rotatable bonds is 3. The first-order valence-corrected chi connectivity index (χ1v) is 6.43. The maximum atomic E-state index is 11.8. The van der Waals surface area contributed by atoms with Gasteiger partial charge in [-0.25, -0.2) is 9.48 Å². The summed E-state index contributed by atoms with van der Waals surface area (Å²) in [5.74, 6) is -0.189. The third-order valence-corrected chi connectivity index (χ3v) is 3.42. The topological polar surface area (TPSA) is 110 Å². The Bertz CT molecular complexity index is 503. The smallest absolute Gasteiger partial charge is 0.407 e. The molecule has 1 aromatic heterocycles. The van der Waals surface area contributed by atoms with Crippen LogP contribution in [0.3, 0.4) is 0 Å². The summed E-state index contributed by atoms with van der Waals surface area (Å²) in [6.45, 7) is 2.32. The molecule has 0 aromatic carbocycles. The largest absolute Gasteiger partial charge is 0.466 e. The van der Waals surface area contributed by atoms with Crippen LogP contribution in [0.4, 0.5) is 4.79 Å². The van der Waals surface area contributed by atoms with Crippen molar-refractivity contribution in [2.75, 3.05) is 13.2 Å². The van der Waals surface area contributed by atoms with Gasteiger partial charge < -0.3 is 9.84 Å². The van der Waals surface area contributed by atoms with Gasteiger partial charge in [-0.15, -0.1) is 5.10 Å². The summed E-state index contributed by atoms with van der Waals surface area (Å²) in [7, 11) is 1.64. The van der Waals surface area contributed by atoms with Gasteiger partial charge in [0, 0.05) is 13.6 Å². The molecule has 1 aliphatic heterocycles. The summed E-state index contributed by atoms with van der Waals surface area (Å²) in [5, 5.41) is 20.4. The van der Waals surface area contributed by atoms with Crippen LogP contribution in [0.5, 0.6) is 0 Å². The monoisotopic (exact) mass is 283 g/mol. The van der Waals surface area contributed by atoms with Crippen LogP contribution < -0.4 is 0 Å². The fraction of sp³-hybridized carbons (Fsp3) is 0.727. The number of carbonyl (C=O) groups is 2. The minimum atomic E-state index is -1.04. The second-order valence-electron chi connectivity index (χ2n) is 4.63. The van der Waals surface area contributed by atoms with Crippen molar-refractivity contribution in [3.63, 3.8) is 0 Å². The molecule has 20 heavy (non-hydrogen) atoms. The van der Waals surface area contributed by atoms with Crippen molar-refractivity contribution in [2.45, 2.75) is 25.8 Å². The van der Waals surface area contributed by atoms with Crippen molar-refractivity contribution in [1.82, 2.24) is 25.1 Å². The first-order valence-electron chi connectivity index (χ1n) is 6.43. The van der Waals surface area contributed by atoms with E-state index in [9.17, 15) is 14.7 Å². The molecule has 0 spiro atoms. The van der Waals surface area contributed by atoms with Crippen molar-refractivity contribution < 1.29 is 19.4 Å². The third kappa shape index (κ3) is 2.70. The van der Waals surface area contributed by atoms with E-state index in [1.165, 1.54) is 9.58 Å². The fourth-order valence-corrected chi connectivity index (χ4v) is 2.43. The van der Waals surface area contributed by atoms with E-state index in [1.807, 2.05) is 0 Å². The SMILES string of the molecule is CCOC(=O)C1CCN(C(=O)O)C(c2nnnn2C)C1. The number of nitrogens with zero attached hydrogens (tertiary/aromatic N) is 5. The highest BCUT2D eigenvalue weighted by molar-refractivity contribution is 5.73. The van der Waals surface area contributed by atoms with Gasteiger partial charge in [0.05, 0.1) is 18.6 Å². The summed E-state index contributed by atoms with van der Waals surface area (Å²) in [6, 6.07) is -0.532. The van der Waals surface area contributed by atoms with Crippen LogP contribution in [0.15, 0.2) is 0 Å². The van der Waals surface area contributed by atoms with Gasteiger partial charge in [-0.2, -0.15) is 0 Å². The maximum absolute atomic E-state index is 11.8. The Balaban J connectivity index is 2.21. The van der Waals surface area contributed by atoms with Gasteiger partial charge in [0.1, 0.15) is 0 Å². The zero-order valence-electron chi connectivity index (χ0n) is 11.4. The van der Waals surface area contributed by atoms with E-state index >= 15 is 0 Å². The van der Waals surface area contributed by atoms with Gasteiger partial charge in [-0.3, -0.25) is 9.69 Å². The molecule has 2 unspecified atom stereocenters. The molecule has 2 atom stereocenters. The van der Waals surface area contributed by atoms with Gasteiger partial charge in [-0.05, 0) is 30.2 Å². The summed E-state index contributed by atoms with van der Waals surface area (Å²) in [5.41, 5.74) is 0. The molecule has 0 radical (unpaired) electrons. The molecule has 1 amide bonds. The molecular formula is C11H17N5O4. The van der Waals surface area contributed by atoms with Crippen molar-refractivity contribution >= 4 is 12.1 Å². The first-order chi connectivity index (χ1) is 9.54. The number of ether oxygens (including phenoxy) is 1. The average molecular weight is 283 g/mol. The first kappa shape index (κ1) is 14.2. The van der Waals surface area contributed by atoms with Gasteiger partial charge in [0.15, 0.2) is 5.82 Å². The van der Waals surface area contributed by atoms with Crippen LogP contribution in [0.25, 0.3) is 0 Å². The number of carbonyl (C=O) groups excluding carboxylic acids is 1. The Labute approximate surface area is 115 Å². The average Bonchev–Trinajstić information content (AvgIpc) is 2.84. The van der Waals surface area contributed by atoms with Crippen LogP contribution in [0, 0.1) is 5.92 Å². The van der Waals surface area contributed by atoms with Crippen molar-refractivity contribution in [2.24, 2.45) is 13.0 Å². The van der Waals surface area contributed by atoms with Crippen molar-refractivity contribution in [3.05, 3.63) is 5.82 Å². The summed E-state index contributed by atoms with van der Waals surface area (Å²) in [4.78, 5) is 24.4. The lowest BCUT2D eigenvalue weighted by atomic mass is 9.90. The quantitative estimate of drug-likeness (QED) is 0.789. The van der Waals surface area contributed by atoms with Crippen molar-refractivity contribution in [3.8, 4) is 0 Å². The highest BCUT2D eigenvalue weighted by atomic mass is 16.5. The Morgan fingerprint density at radius 3 is 2.80 bits per heavy atom. The lowest BCUT2D eigenvalue weighted by Gasteiger charge is -2.35. The maximum Gasteiger partial charge on any atom is 0.407 e. The molecule has 110 valence electrons. The molecule has 1 aromatic rings. The van der Waals surface area contributed by atoms with E-state index in [4.69, 9.17) is 4.74 Å². The van der Waals surface area contributed by atoms with Gasteiger partial charge >= 0.3 is 12.1 Å². The van der Waals surface area contributed by atoms with Gasteiger partial charge in [0.25, 0.3) is 0 Å². The number of esters is 1. The van der Waals surface area contributed by atoms with E-state index in [0.717, 1.165) is 0 Å². The van der Waals surface area contributed by atoms with Crippen LogP contribution in [-0.4, -0.2) is 55.4 Å². The highest BCUT2D eigenvalue weighted by Crippen LogP contribution is 2.33. The van der Waals surface area contributed by atoms with Crippen LogP contribution in [0.1, 0.15) is 31.6 Å². The predicted molar refractivity (Wildman–Crippen MR) is 65.6 cm³/mol. The van der Waals surface area contributed by atoms with E-state index in [1.54, 1.807) is 14.0 Å². The minimum Gasteiger partial charge on any atom is -0.466 e. The highest BCUT2D eigenvalue weighted by Gasteiger charge is 2.38. The number of hydrogen-bond donors (Lipinski definition) is 1. The van der Waals surface area contributed by atoms with Crippen LogP contribution in [-0.2, 0) is 16.6 Å². The predicted octanol–water partition coefficient (Wildman–Crippen LogP) is 0.204. The Hall–Kier alpha value is -2.19. The lowest BCUT2D eigenvalue weighted by molar-refractivity contribution is -0.150. The number of hydrogen-bond acceptors (Lipinski definition) is 6. The molecule has 1 N–H and O–H groups in total. The van der Waals surface area contributed by atoms with E-state index in [-0.39, 0.29) is 18.4 Å². The third-order valence-electron chi connectivity index (χ3n) is 3.42. The van der Waals surface area contributed by atoms with Crippen LogP contribution in [0.2, 0.25) is 0 Å². The lowest BCUT2D eigenvalue weighted by Crippen LogP contribution is -2.43. The summed E-state index contributed by atoms with van der Waals surface area (Å²) < 4.78 is 6.43. The molecule has 2 heterocycles. The number of piperidine rings is 1. The molecular weight excluding hydrogens is 266 g/mol. The number of aryl methyl sites for hydroxylation is 1. The summed E-state index contributed by atoms with van der Waals surface area (Å²) in [6.07, 6.45) is -0.257. The standard InChI is InChI=1S/C11H17N5O4/c1-3-20-10(17)7-4-5-16(11(18)19)8(6-7)9-12-13-14-15(9)2/h7-8H,3-6H2,1-2H3,(H,18,19). The number of carboxylic acid groups (broad SMARTS) is 1. The Kier molecular flexibility index (Phi) is 4.16. The molecule has 1 fully saturated rings. The second-order valence-corrected chi connectivity index (χ2v) is 4.63. The Morgan fingerprint density at radius 1 is 1.50 bits per heavy atom. The van der Waals surface area contributed by atoms with Crippen molar-refractivity contribution in [1.29, 1.82) is 0 Å². The van der Waals surface area contributed by atoms with Gasteiger partial charge in [0.2, 0.25) is 0 Å². The zero-order chi connectivity index (χ0) is 14.7. The molecule has 0 saturated carbocycles. The van der Waals surface area contributed by atoms with E-state index in [2.05, 4.69) is 15.5 Å². The summed E-state index contributed by atoms with van der Waals surface area (Å²) >= 11 is 0. The number of tetrazole rings is 1. The van der Waals surface area contributed by atoms with Crippen LogP contribution >= 0.6 is 0 Å². The number of likely N-dealkylation sites (tertiary alicyclic amines) is 1. The molecule has 1 aliphatic rings. The normalized spacial score (nSPS) is 22.6. The molecule has 2 rings (SSSR count). The fourth-order valence-electron chi connectivity index (χ4n) is 2.43. The minimum absolute atomic E-state index is 0.260. The van der Waals surface area contributed by atoms with E-state index < -0.39 is 12.1 Å². The van der Waals surface area contributed by atoms with Gasteiger partial charge in [-0.1, -0.05) is 0 Å². The zero-order valence-corrected chi connectivity index (χ0v) is 11.4. The molecule has 1 saturated heterocycles. The molecule has 0 aliphatic carbocycles. The Morgan fingerprint density at radius 2 is 2.25 bits per heavy atom. The molecule has 9 nitrogen and oxygen atoms in total. The number of amides is 1. The van der Waals surface area contributed by atoms with E-state index in [0.29, 0.717) is 25.3 Å². The molecule has 0 bridgehead atoms. The second kappa shape index (κ2) is 5.85. The molecule has 9 heteroatoms.